The number of amides is 2. The molecule has 0 radical (unpaired) electrons. The first-order valence-electron chi connectivity index (χ1n) is 12.8. The number of aryl methyl sites for hydroxylation is 1. The molecule has 3 aromatic rings. The van der Waals surface area contributed by atoms with E-state index in [2.05, 4.69) is 52.1 Å². The third-order valence-electron chi connectivity index (χ3n) is 6.56. The van der Waals surface area contributed by atoms with E-state index in [-0.39, 0.29) is 41.5 Å². The standard InChI is InChI=1S/C30H38N4O2/c1-20(2)18-33(29(36)25-16-24(25)22-12-8-7-9-13-22)19-28(35)31-27-17-26(30(4,5)6)32-34(27)23-14-10-11-21(3)15-23/h7-15,17,20,24-25H,16,18-19H2,1-6H3,(H,31,35). The average Bonchev–Trinajstić information content (AvgIpc) is 3.50. The maximum atomic E-state index is 13.4. The summed E-state index contributed by atoms with van der Waals surface area (Å²) in [6, 6.07) is 20.1. The number of hydrogen-bond donors (Lipinski definition) is 1. The zero-order valence-electron chi connectivity index (χ0n) is 22.3. The molecule has 0 saturated heterocycles. The number of hydrogen-bond acceptors (Lipinski definition) is 3. The lowest BCUT2D eigenvalue weighted by Crippen LogP contribution is -2.41. The van der Waals surface area contributed by atoms with Gasteiger partial charge in [0.15, 0.2) is 0 Å². The van der Waals surface area contributed by atoms with Gasteiger partial charge in [0, 0.05) is 23.9 Å². The third-order valence-corrected chi connectivity index (χ3v) is 6.56. The fourth-order valence-corrected chi connectivity index (χ4v) is 4.59. The molecule has 0 aliphatic heterocycles. The molecule has 6 nitrogen and oxygen atoms in total. The number of anilines is 1. The summed E-state index contributed by atoms with van der Waals surface area (Å²) in [4.78, 5) is 28.4. The Morgan fingerprint density at radius 3 is 2.44 bits per heavy atom. The topological polar surface area (TPSA) is 67.2 Å². The molecule has 1 aromatic heterocycles. The molecule has 1 fully saturated rings. The molecule has 0 bridgehead atoms. The van der Waals surface area contributed by atoms with E-state index < -0.39 is 0 Å². The van der Waals surface area contributed by atoms with Crippen molar-refractivity contribution in [2.75, 3.05) is 18.4 Å². The fraction of sp³-hybridized carbons (Fsp3) is 0.433. The molecular weight excluding hydrogens is 448 g/mol. The van der Waals surface area contributed by atoms with Gasteiger partial charge < -0.3 is 10.2 Å². The molecule has 0 spiro atoms. The maximum absolute atomic E-state index is 13.4. The third kappa shape index (κ3) is 6.04. The molecule has 1 saturated carbocycles. The first kappa shape index (κ1) is 25.7. The van der Waals surface area contributed by atoms with E-state index in [1.165, 1.54) is 5.56 Å². The predicted octanol–water partition coefficient (Wildman–Crippen LogP) is 5.71. The average molecular weight is 487 g/mol. The summed E-state index contributed by atoms with van der Waals surface area (Å²) in [5.74, 6) is 0.922. The molecule has 2 amide bonds. The second kappa shape index (κ2) is 10.3. The van der Waals surface area contributed by atoms with Gasteiger partial charge in [-0.25, -0.2) is 4.68 Å². The number of nitrogens with zero attached hydrogens (tertiary/aromatic N) is 3. The molecular formula is C30H38N4O2. The van der Waals surface area contributed by atoms with Crippen LogP contribution in [0.2, 0.25) is 0 Å². The number of carbonyl (C=O) groups excluding carboxylic acids is 2. The molecule has 1 aliphatic carbocycles. The Morgan fingerprint density at radius 2 is 1.81 bits per heavy atom. The second-order valence-corrected chi connectivity index (χ2v) is 11.4. The van der Waals surface area contributed by atoms with Crippen molar-refractivity contribution >= 4 is 17.6 Å². The van der Waals surface area contributed by atoms with Gasteiger partial charge in [0.1, 0.15) is 5.82 Å². The van der Waals surface area contributed by atoms with Crippen LogP contribution in [0.5, 0.6) is 0 Å². The number of rotatable bonds is 8. The molecule has 190 valence electrons. The van der Waals surface area contributed by atoms with E-state index >= 15 is 0 Å². The van der Waals surface area contributed by atoms with Crippen molar-refractivity contribution in [2.24, 2.45) is 11.8 Å². The molecule has 1 heterocycles. The normalized spacial score (nSPS) is 17.2. The second-order valence-electron chi connectivity index (χ2n) is 11.4. The van der Waals surface area contributed by atoms with Gasteiger partial charge in [-0.3, -0.25) is 9.59 Å². The van der Waals surface area contributed by atoms with Crippen molar-refractivity contribution in [3.8, 4) is 5.69 Å². The first-order valence-corrected chi connectivity index (χ1v) is 12.8. The van der Waals surface area contributed by atoms with Crippen molar-refractivity contribution in [1.29, 1.82) is 0 Å². The summed E-state index contributed by atoms with van der Waals surface area (Å²) in [7, 11) is 0. The summed E-state index contributed by atoms with van der Waals surface area (Å²) in [5, 5.41) is 7.86. The predicted molar refractivity (Wildman–Crippen MR) is 144 cm³/mol. The van der Waals surface area contributed by atoms with Crippen LogP contribution >= 0.6 is 0 Å². The van der Waals surface area contributed by atoms with Crippen LogP contribution in [-0.2, 0) is 15.0 Å². The van der Waals surface area contributed by atoms with E-state index in [0.29, 0.717) is 12.4 Å². The molecule has 2 unspecified atom stereocenters. The van der Waals surface area contributed by atoms with Crippen molar-refractivity contribution < 1.29 is 9.59 Å². The number of nitrogens with one attached hydrogen (secondary N) is 1. The van der Waals surface area contributed by atoms with Crippen LogP contribution in [0.1, 0.15) is 63.8 Å². The van der Waals surface area contributed by atoms with E-state index in [9.17, 15) is 9.59 Å². The number of carbonyl (C=O) groups is 2. The Morgan fingerprint density at radius 1 is 1.08 bits per heavy atom. The van der Waals surface area contributed by atoms with Gasteiger partial charge in [0.25, 0.3) is 0 Å². The molecule has 6 heteroatoms. The SMILES string of the molecule is Cc1cccc(-n2nc(C(C)(C)C)cc2NC(=O)CN(CC(C)C)C(=O)C2CC2c2ccccc2)c1. The van der Waals surface area contributed by atoms with Crippen LogP contribution in [0.15, 0.2) is 60.7 Å². The Kier molecular flexibility index (Phi) is 7.34. The Labute approximate surface area is 214 Å². The summed E-state index contributed by atoms with van der Waals surface area (Å²) >= 11 is 0. The zero-order valence-corrected chi connectivity index (χ0v) is 22.3. The number of benzene rings is 2. The van der Waals surface area contributed by atoms with Crippen LogP contribution in [-0.4, -0.2) is 39.6 Å². The van der Waals surface area contributed by atoms with E-state index in [1.807, 2.05) is 55.5 Å². The molecule has 2 aromatic carbocycles. The fourth-order valence-electron chi connectivity index (χ4n) is 4.59. The van der Waals surface area contributed by atoms with Gasteiger partial charge in [-0.05, 0) is 48.4 Å². The van der Waals surface area contributed by atoms with Crippen LogP contribution in [0.3, 0.4) is 0 Å². The van der Waals surface area contributed by atoms with Crippen LogP contribution in [0, 0.1) is 18.8 Å². The van der Waals surface area contributed by atoms with Crippen LogP contribution in [0.4, 0.5) is 5.82 Å². The van der Waals surface area contributed by atoms with E-state index in [0.717, 1.165) is 23.4 Å². The van der Waals surface area contributed by atoms with Gasteiger partial charge in [0.2, 0.25) is 11.8 Å². The van der Waals surface area contributed by atoms with Gasteiger partial charge in [-0.1, -0.05) is 77.1 Å². The summed E-state index contributed by atoms with van der Waals surface area (Å²) in [6.07, 6.45) is 0.841. The summed E-state index contributed by atoms with van der Waals surface area (Å²) < 4.78 is 1.78. The summed E-state index contributed by atoms with van der Waals surface area (Å²) in [5.41, 5.74) is 3.91. The van der Waals surface area contributed by atoms with Crippen molar-refractivity contribution in [1.82, 2.24) is 14.7 Å². The van der Waals surface area contributed by atoms with Crippen molar-refractivity contribution in [3.63, 3.8) is 0 Å². The molecule has 2 atom stereocenters. The highest BCUT2D eigenvalue weighted by molar-refractivity contribution is 5.95. The minimum atomic E-state index is -0.213. The lowest BCUT2D eigenvalue weighted by atomic mass is 9.92. The molecule has 4 rings (SSSR count). The quantitative estimate of drug-likeness (QED) is 0.444. The Bertz CT molecular complexity index is 1220. The number of aromatic nitrogens is 2. The highest BCUT2D eigenvalue weighted by Gasteiger charge is 2.46. The van der Waals surface area contributed by atoms with Crippen molar-refractivity contribution in [3.05, 3.63) is 77.5 Å². The first-order chi connectivity index (χ1) is 17.0. The monoisotopic (exact) mass is 486 g/mol. The van der Waals surface area contributed by atoms with Crippen LogP contribution in [0.25, 0.3) is 5.69 Å². The smallest absolute Gasteiger partial charge is 0.245 e. The Hall–Kier alpha value is -3.41. The van der Waals surface area contributed by atoms with Gasteiger partial charge >= 0.3 is 0 Å². The highest BCUT2D eigenvalue weighted by atomic mass is 16.2. The maximum Gasteiger partial charge on any atom is 0.245 e. The highest BCUT2D eigenvalue weighted by Crippen LogP contribution is 2.48. The lowest BCUT2D eigenvalue weighted by molar-refractivity contribution is -0.136. The molecule has 1 N–H and O–H groups in total. The zero-order chi connectivity index (χ0) is 26.0. The minimum Gasteiger partial charge on any atom is -0.333 e. The minimum absolute atomic E-state index is 0.0267. The largest absolute Gasteiger partial charge is 0.333 e. The van der Waals surface area contributed by atoms with E-state index in [1.54, 1.807) is 9.58 Å². The van der Waals surface area contributed by atoms with Gasteiger partial charge in [-0.15, -0.1) is 0 Å². The van der Waals surface area contributed by atoms with Gasteiger partial charge in [0.05, 0.1) is 17.9 Å². The van der Waals surface area contributed by atoms with Crippen molar-refractivity contribution in [2.45, 2.75) is 59.3 Å². The molecule has 36 heavy (non-hydrogen) atoms. The summed E-state index contributed by atoms with van der Waals surface area (Å²) in [6.45, 7) is 13.1. The molecule has 1 aliphatic rings. The van der Waals surface area contributed by atoms with Gasteiger partial charge in [-0.2, -0.15) is 5.10 Å². The van der Waals surface area contributed by atoms with E-state index in [4.69, 9.17) is 5.10 Å². The Balaban J connectivity index is 1.52. The van der Waals surface area contributed by atoms with Crippen LogP contribution < -0.4 is 5.32 Å². The lowest BCUT2D eigenvalue weighted by Gasteiger charge is -2.24.